The summed E-state index contributed by atoms with van der Waals surface area (Å²) in [4.78, 5) is 14.0. The third kappa shape index (κ3) is 4.64. The Balaban J connectivity index is 2.47. The third-order valence-electron chi connectivity index (χ3n) is 3.43. The van der Waals surface area contributed by atoms with Crippen molar-refractivity contribution in [2.45, 2.75) is 45.6 Å². The van der Waals surface area contributed by atoms with Gasteiger partial charge in [0.25, 0.3) is 0 Å². The third-order valence-corrected chi connectivity index (χ3v) is 3.43. The van der Waals surface area contributed by atoms with Crippen molar-refractivity contribution in [3.05, 3.63) is 0 Å². The van der Waals surface area contributed by atoms with E-state index in [9.17, 15) is 4.79 Å². The molecule has 1 fully saturated rings. The van der Waals surface area contributed by atoms with Crippen LogP contribution in [0.4, 0.5) is 0 Å². The quantitative estimate of drug-likeness (QED) is 0.700. The van der Waals surface area contributed by atoms with Gasteiger partial charge >= 0.3 is 0 Å². The van der Waals surface area contributed by atoms with Crippen LogP contribution >= 0.6 is 0 Å². The number of aliphatic hydroxyl groups excluding tert-OH is 1. The van der Waals surface area contributed by atoms with Crippen LogP contribution in [0.3, 0.4) is 0 Å². The molecule has 0 saturated carbocycles. The van der Waals surface area contributed by atoms with E-state index in [0.717, 1.165) is 32.4 Å². The fourth-order valence-corrected chi connectivity index (χ4v) is 2.46. The van der Waals surface area contributed by atoms with Gasteiger partial charge in [-0.15, -0.1) is 0 Å². The molecule has 0 aromatic heterocycles. The first-order valence-electron chi connectivity index (χ1n) is 6.82. The smallest absolute Gasteiger partial charge is 0.225 e. The number of nitrogens with zero attached hydrogens (tertiary/aromatic N) is 1. The molecular formula is C13H26N2O2. The molecule has 0 bridgehead atoms. The summed E-state index contributed by atoms with van der Waals surface area (Å²) in [6, 6.07) is 0.416. The Kier molecular flexibility index (Phi) is 6.52. The molecule has 0 aromatic carbocycles. The second-order valence-corrected chi connectivity index (χ2v) is 4.99. The first-order valence-corrected chi connectivity index (χ1v) is 6.82. The monoisotopic (exact) mass is 242 g/mol. The molecule has 1 aliphatic rings. The molecule has 2 N–H and O–H groups in total. The van der Waals surface area contributed by atoms with Crippen molar-refractivity contribution in [3.63, 3.8) is 0 Å². The van der Waals surface area contributed by atoms with Crippen molar-refractivity contribution in [2.24, 2.45) is 5.92 Å². The van der Waals surface area contributed by atoms with E-state index in [1.165, 1.54) is 6.42 Å². The largest absolute Gasteiger partial charge is 0.395 e. The molecule has 1 rings (SSSR count). The van der Waals surface area contributed by atoms with Gasteiger partial charge in [0.15, 0.2) is 0 Å². The van der Waals surface area contributed by atoms with Crippen LogP contribution in [0.5, 0.6) is 0 Å². The number of carbonyl (C=O) groups excluding carboxylic acids is 1. The van der Waals surface area contributed by atoms with Crippen LogP contribution in [-0.2, 0) is 4.79 Å². The topological polar surface area (TPSA) is 52.6 Å². The average Bonchev–Trinajstić information content (AvgIpc) is 2.80. The van der Waals surface area contributed by atoms with Gasteiger partial charge in [-0.05, 0) is 25.8 Å². The molecule has 1 heterocycles. The molecular weight excluding hydrogens is 216 g/mol. The van der Waals surface area contributed by atoms with Gasteiger partial charge in [-0.25, -0.2) is 0 Å². The molecule has 0 aliphatic carbocycles. The van der Waals surface area contributed by atoms with Crippen molar-refractivity contribution in [2.75, 3.05) is 26.2 Å². The predicted molar refractivity (Wildman–Crippen MR) is 68.8 cm³/mol. The summed E-state index contributed by atoms with van der Waals surface area (Å²) in [6.45, 7) is 6.39. The van der Waals surface area contributed by atoms with Crippen LogP contribution in [0.15, 0.2) is 0 Å². The second-order valence-electron chi connectivity index (χ2n) is 4.99. The summed E-state index contributed by atoms with van der Waals surface area (Å²) in [5.74, 6) is 0.266. The first kappa shape index (κ1) is 14.5. The van der Waals surface area contributed by atoms with Gasteiger partial charge < -0.3 is 15.3 Å². The number of aliphatic hydroxyl groups is 1. The Morgan fingerprint density at radius 1 is 1.59 bits per heavy atom. The number of nitrogens with one attached hydrogen (secondary N) is 1. The minimum absolute atomic E-state index is 0.0529. The Morgan fingerprint density at radius 3 is 2.88 bits per heavy atom. The summed E-state index contributed by atoms with van der Waals surface area (Å²) < 4.78 is 0. The second kappa shape index (κ2) is 7.67. The van der Waals surface area contributed by atoms with Gasteiger partial charge in [0.05, 0.1) is 6.61 Å². The highest BCUT2D eigenvalue weighted by Gasteiger charge is 2.24. The summed E-state index contributed by atoms with van der Waals surface area (Å²) in [7, 11) is 0. The van der Waals surface area contributed by atoms with E-state index >= 15 is 0 Å². The van der Waals surface area contributed by atoms with Crippen molar-refractivity contribution < 1.29 is 9.90 Å². The van der Waals surface area contributed by atoms with Crippen molar-refractivity contribution in [1.82, 2.24) is 10.2 Å². The van der Waals surface area contributed by atoms with Gasteiger partial charge in [-0.2, -0.15) is 0 Å². The van der Waals surface area contributed by atoms with Crippen LogP contribution in [0, 0.1) is 5.92 Å². The van der Waals surface area contributed by atoms with E-state index in [1.807, 2.05) is 11.8 Å². The number of hydrogen-bond acceptors (Lipinski definition) is 3. The lowest BCUT2D eigenvalue weighted by molar-refractivity contribution is -0.136. The Labute approximate surface area is 104 Å². The van der Waals surface area contributed by atoms with Gasteiger partial charge in [0.1, 0.15) is 0 Å². The Morgan fingerprint density at radius 2 is 2.35 bits per heavy atom. The number of rotatable bonds is 7. The zero-order chi connectivity index (χ0) is 12.7. The maximum atomic E-state index is 12.2. The summed E-state index contributed by atoms with van der Waals surface area (Å²) in [6.07, 6.45) is 4.29. The fraction of sp³-hybridized carbons (Fsp3) is 0.923. The molecule has 0 spiro atoms. The van der Waals surface area contributed by atoms with E-state index in [4.69, 9.17) is 5.11 Å². The molecule has 1 aliphatic heterocycles. The molecule has 2 atom stereocenters. The number of carbonyl (C=O) groups is 1. The maximum Gasteiger partial charge on any atom is 0.225 e. The van der Waals surface area contributed by atoms with Crippen LogP contribution in [0.25, 0.3) is 0 Å². The molecule has 2 unspecified atom stereocenters. The minimum atomic E-state index is 0.0529. The summed E-state index contributed by atoms with van der Waals surface area (Å²) in [5.41, 5.74) is 0. The van der Waals surface area contributed by atoms with Crippen LogP contribution in [0.1, 0.15) is 39.5 Å². The van der Waals surface area contributed by atoms with Crippen LogP contribution in [-0.4, -0.2) is 48.2 Å². The standard InChI is InChI=1S/C13H26N2O2/c1-3-5-11(2)13(17)15(8-9-16)10-12-6-4-7-14-12/h11-12,14,16H,3-10H2,1-2H3. The predicted octanol–water partition coefficient (Wildman–Crippen LogP) is 0.996. The highest BCUT2D eigenvalue weighted by molar-refractivity contribution is 5.78. The maximum absolute atomic E-state index is 12.2. The molecule has 4 nitrogen and oxygen atoms in total. The zero-order valence-electron chi connectivity index (χ0n) is 11.1. The lowest BCUT2D eigenvalue weighted by Crippen LogP contribution is -2.44. The highest BCUT2D eigenvalue weighted by Crippen LogP contribution is 2.12. The molecule has 0 radical (unpaired) electrons. The van der Waals surface area contributed by atoms with Crippen molar-refractivity contribution in [3.8, 4) is 0 Å². The molecule has 4 heteroatoms. The summed E-state index contributed by atoms with van der Waals surface area (Å²) in [5, 5.41) is 12.5. The van der Waals surface area contributed by atoms with Gasteiger partial charge in [-0.1, -0.05) is 20.3 Å². The van der Waals surface area contributed by atoms with Crippen LogP contribution in [0.2, 0.25) is 0 Å². The van der Waals surface area contributed by atoms with E-state index in [-0.39, 0.29) is 18.4 Å². The van der Waals surface area contributed by atoms with Gasteiger partial charge in [-0.3, -0.25) is 4.79 Å². The summed E-state index contributed by atoms with van der Waals surface area (Å²) >= 11 is 0. The number of amides is 1. The normalized spacial score (nSPS) is 21.5. The van der Waals surface area contributed by atoms with Gasteiger partial charge in [0.2, 0.25) is 5.91 Å². The molecule has 0 aromatic rings. The lowest BCUT2D eigenvalue weighted by atomic mass is 10.0. The first-order chi connectivity index (χ1) is 8.19. The van der Waals surface area contributed by atoms with E-state index < -0.39 is 0 Å². The molecule has 17 heavy (non-hydrogen) atoms. The average molecular weight is 242 g/mol. The molecule has 1 saturated heterocycles. The van der Waals surface area contributed by atoms with Crippen molar-refractivity contribution in [1.29, 1.82) is 0 Å². The fourth-order valence-electron chi connectivity index (χ4n) is 2.46. The zero-order valence-corrected chi connectivity index (χ0v) is 11.1. The lowest BCUT2D eigenvalue weighted by Gasteiger charge is -2.27. The SMILES string of the molecule is CCCC(C)C(=O)N(CCO)CC1CCCN1. The molecule has 1 amide bonds. The molecule has 100 valence electrons. The van der Waals surface area contributed by atoms with E-state index in [1.54, 1.807) is 0 Å². The van der Waals surface area contributed by atoms with E-state index in [0.29, 0.717) is 12.6 Å². The van der Waals surface area contributed by atoms with Crippen LogP contribution < -0.4 is 5.32 Å². The minimum Gasteiger partial charge on any atom is -0.395 e. The number of hydrogen-bond donors (Lipinski definition) is 2. The van der Waals surface area contributed by atoms with Crippen molar-refractivity contribution >= 4 is 5.91 Å². The van der Waals surface area contributed by atoms with E-state index in [2.05, 4.69) is 12.2 Å². The Bertz CT molecular complexity index is 227. The Hall–Kier alpha value is -0.610. The highest BCUT2D eigenvalue weighted by atomic mass is 16.3. The van der Waals surface area contributed by atoms with Gasteiger partial charge in [0, 0.05) is 25.0 Å².